The molecule has 0 amide bonds. The third-order valence-electron chi connectivity index (χ3n) is 5.00. The molecule has 22 heavy (non-hydrogen) atoms. The van der Waals surface area contributed by atoms with Crippen LogP contribution in [0.5, 0.6) is 0 Å². The SMILES string of the molecule is CCCCOC(=O)CCN1CCC(N2CCN(C)CC2)CC1. The lowest BCUT2D eigenvalue weighted by Crippen LogP contribution is -2.52. The van der Waals surface area contributed by atoms with E-state index in [-0.39, 0.29) is 5.97 Å². The highest BCUT2D eigenvalue weighted by Crippen LogP contribution is 2.18. The molecule has 5 nitrogen and oxygen atoms in total. The maximum atomic E-state index is 11.6. The molecule has 5 heteroatoms. The van der Waals surface area contributed by atoms with Crippen molar-refractivity contribution in [3.8, 4) is 0 Å². The Hall–Kier alpha value is -0.650. The van der Waals surface area contributed by atoms with Crippen molar-refractivity contribution in [2.45, 2.75) is 45.1 Å². The highest BCUT2D eigenvalue weighted by Gasteiger charge is 2.26. The summed E-state index contributed by atoms with van der Waals surface area (Å²) in [5, 5.41) is 0. The Morgan fingerprint density at radius 3 is 2.41 bits per heavy atom. The topological polar surface area (TPSA) is 36.0 Å². The van der Waals surface area contributed by atoms with Gasteiger partial charge in [0, 0.05) is 38.8 Å². The number of unbranched alkanes of at least 4 members (excludes halogenated alkanes) is 1. The van der Waals surface area contributed by atoms with E-state index in [1.165, 1.54) is 39.0 Å². The van der Waals surface area contributed by atoms with Gasteiger partial charge in [0.15, 0.2) is 0 Å². The molecule has 2 rings (SSSR count). The predicted molar refractivity (Wildman–Crippen MR) is 89.0 cm³/mol. The molecule has 0 aromatic heterocycles. The molecule has 0 aliphatic carbocycles. The van der Waals surface area contributed by atoms with Crippen molar-refractivity contribution in [3.63, 3.8) is 0 Å². The number of likely N-dealkylation sites (N-methyl/N-ethyl adjacent to an activating group) is 1. The molecular formula is C17H33N3O2. The van der Waals surface area contributed by atoms with Crippen molar-refractivity contribution in [1.29, 1.82) is 0 Å². The highest BCUT2D eigenvalue weighted by atomic mass is 16.5. The zero-order valence-corrected chi connectivity index (χ0v) is 14.4. The number of hydrogen-bond donors (Lipinski definition) is 0. The monoisotopic (exact) mass is 311 g/mol. The molecule has 2 saturated heterocycles. The molecule has 0 N–H and O–H groups in total. The average molecular weight is 311 g/mol. The van der Waals surface area contributed by atoms with Crippen LogP contribution in [0.2, 0.25) is 0 Å². The smallest absolute Gasteiger partial charge is 0.307 e. The van der Waals surface area contributed by atoms with Crippen LogP contribution in [0.3, 0.4) is 0 Å². The van der Waals surface area contributed by atoms with E-state index in [0.717, 1.165) is 38.5 Å². The van der Waals surface area contributed by atoms with Gasteiger partial charge in [-0.1, -0.05) is 13.3 Å². The minimum absolute atomic E-state index is 0.0327. The van der Waals surface area contributed by atoms with E-state index in [2.05, 4.69) is 28.7 Å². The first-order valence-corrected chi connectivity index (χ1v) is 8.99. The lowest BCUT2D eigenvalue weighted by atomic mass is 10.0. The molecule has 2 heterocycles. The van der Waals surface area contributed by atoms with Crippen LogP contribution in [0.15, 0.2) is 0 Å². The molecule has 0 unspecified atom stereocenters. The molecule has 0 aromatic rings. The predicted octanol–water partition coefficient (Wildman–Crippen LogP) is 1.43. The Bertz CT molecular complexity index is 322. The quantitative estimate of drug-likeness (QED) is 0.525. The van der Waals surface area contributed by atoms with Crippen molar-refractivity contribution < 1.29 is 9.53 Å². The third-order valence-corrected chi connectivity index (χ3v) is 5.00. The van der Waals surface area contributed by atoms with Crippen LogP contribution >= 0.6 is 0 Å². The van der Waals surface area contributed by atoms with Gasteiger partial charge in [-0.15, -0.1) is 0 Å². The van der Waals surface area contributed by atoms with Crippen LogP contribution in [0, 0.1) is 0 Å². The number of likely N-dealkylation sites (tertiary alicyclic amines) is 1. The van der Waals surface area contributed by atoms with Crippen molar-refractivity contribution in [2.75, 3.05) is 59.5 Å². The van der Waals surface area contributed by atoms with Crippen LogP contribution in [0.1, 0.15) is 39.0 Å². The molecule has 2 aliphatic rings. The van der Waals surface area contributed by atoms with Gasteiger partial charge in [0.25, 0.3) is 0 Å². The van der Waals surface area contributed by atoms with Gasteiger partial charge in [0.2, 0.25) is 0 Å². The van der Waals surface area contributed by atoms with Crippen LogP contribution < -0.4 is 0 Å². The molecule has 0 aromatic carbocycles. The zero-order valence-electron chi connectivity index (χ0n) is 14.4. The second-order valence-corrected chi connectivity index (χ2v) is 6.74. The number of ether oxygens (including phenoxy) is 1. The van der Waals surface area contributed by atoms with Gasteiger partial charge >= 0.3 is 5.97 Å². The van der Waals surface area contributed by atoms with Gasteiger partial charge in [-0.2, -0.15) is 0 Å². The number of nitrogens with zero attached hydrogens (tertiary/aromatic N) is 3. The molecule has 2 aliphatic heterocycles. The number of piperidine rings is 1. The molecule has 0 spiro atoms. The van der Waals surface area contributed by atoms with Gasteiger partial charge < -0.3 is 14.5 Å². The van der Waals surface area contributed by atoms with Crippen molar-refractivity contribution >= 4 is 5.97 Å². The normalized spacial score (nSPS) is 22.8. The summed E-state index contributed by atoms with van der Waals surface area (Å²) in [7, 11) is 2.21. The van der Waals surface area contributed by atoms with Gasteiger partial charge in [-0.05, 0) is 39.4 Å². The molecule has 128 valence electrons. The number of piperazine rings is 1. The fourth-order valence-corrected chi connectivity index (χ4v) is 3.35. The van der Waals surface area contributed by atoms with E-state index in [9.17, 15) is 4.79 Å². The van der Waals surface area contributed by atoms with Crippen LogP contribution in [-0.4, -0.2) is 86.2 Å². The van der Waals surface area contributed by atoms with Gasteiger partial charge in [-0.25, -0.2) is 0 Å². The van der Waals surface area contributed by atoms with E-state index in [4.69, 9.17) is 4.74 Å². The summed E-state index contributed by atoms with van der Waals surface area (Å²) in [5.74, 6) is -0.0327. The molecular weight excluding hydrogens is 278 g/mol. The Morgan fingerprint density at radius 2 is 1.77 bits per heavy atom. The van der Waals surface area contributed by atoms with Crippen LogP contribution in [0.4, 0.5) is 0 Å². The number of rotatable bonds is 7. The maximum Gasteiger partial charge on any atom is 0.307 e. The minimum Gasteiger partial charge on any atom is -0.466 e. The molecule has 0 radical (unpaired) electrons. The molecule has 0 saturated carbocycles. The first-order valence-electron chi connectivity index (χ1n) is 8.99. The third kappa shape index (κ3) is 5.86. The summed E-state index contributed by atoms with van der Waals surface area (Å²) in [6.07, 6.45) is 5.08. The zero-order chi connectivity index (χ0) is 15.8. The van der Waals surface area contributed by atoms with Crippen molar-refractivity contribution in [1.82, 2.24) is 14.7 Å². The molecule has 2 fully saturated rings. The van der Waals surface area contributed by atoms with Gasteiger partial charge in [0.1, 0.15) is 0 Å². The van der Waals surface area contributed by atoms with Crippen LogP contribution in [0.25, 0.3) is 0 Å². The number of esters is 1. The Morgan fingerprint density at radius 1 is 1.09 bits per heavy atom. The lowest BCUT2D eigenvalue weighted by molar-refractivity contribution is -0.144. The van der Waals surface area contributed by atoms with E-state index in [1.54, 1.807) is 0 Å². The van der Waals surface area contributed by atoms with E-state index in [1.807, 2.05) is 0 Å². The van der Waals surface area contributed by atoms with Crippen molar-refractivity contribution in [3.05, 3.63) is 0 Å². The number of carbonyl (C=O) groups is 1. The summed E-state index contributed by atoms with van der Waals surface area (Å²) < 4.78 is 5.22. The second kappa shape index (κ2) is 9.48. The van der Waals surface area contributed by atoms with E-state index >= 15 is 0 Å². The van der Waals surface area contributed by atoms with Crippen LogP contribution in [-0.2, 0) is 9.53 Å². The summed E-state index contributed by atoms with van der Waals surface area (Å²) in [6, 6.07) is 0.751. The van der Waals surface area contributed by atoms with Crippen molar-refractivity contribution in [2.24, 2.45) is 0 Å². The largest absolute Gasteiger partial charge is 0.466 e. The van der Waals surface area contributed by atoms with Gasteiger partial charge in [-0.3, -0.25) is 9.69 Å². The number of hydrogen-bond acceptors (Lipinski definition) is 5. The summed E-state index contributed by atoms with van der Waals surface area (Å²) in [6.45, 7) is 10.6. The Labute approximate surface area is 135 Å². The van der Waals surface area contributed by atoms with E-state index in [0.29, 0.717) is 13.0 Å². The fourth-order valence-electron chi connectivity index (χ4n) is 3.35. The summed E-state index contributed by atoms with van der Waals surface area (Å²) in [4.78, 5) is 19.1. The lowest BCUT2D eigenvalue weighted by Gasteiger charge is -2.42. The summed E-state index contributed by atoms with van der Waals surface area (Å²) >= 11 is 0. The average Bonchev–Trinajstić information content (AvgIpc) is 2.54. The first-order chi connectivity index (χ1) is 10.7. The minimum atomic E-state index is -0.0327. The Kier molecular flexibility index (Phi) is 7.63. The summed E-state index contributed by atoms with van der Waals surface area (Å²) in [5.41, 5.74) is 0. The molecule has 0 bridgehead atoms. The highest BCUT2D eigenvalue weighted by molar-refractivity contribution is 5.69. The number of carbonyl (C=O) groups excluding carboxylic acids is 1. The first kappa shape index (κ1) is 17.7. The second-order valence-electron chi connectivity index (χ2n) is 6.74. The maximum absolute atomic E-state index is 11.6. The standard InChI is InChI=1S/C17H33N3O2/c1-3-4-15-22-17(21)7-10-19-8-5-16(6-9-19)20-13-11-18(2)12-14-20/h16H,3-15H2,1-2H3. The molecule has 0 atom stereocenters. The fraction of sp³-hybridized carbons (Fsp3) is 0.941. The Balaban J connectivity index is 1.58. The van der Waals surface area contributed by atoms with Gasteiger partial charge in [0.05, 0.1) is 13.0 Å². The van der Waals surface area contributed by atoms with E-state index < -0.39 is 0 Å².